The summed E-state index contributed by atoms with van der Waals surface area (Å²) < 4.78 is 11.4. The Hall–Kier alpha value is -3.19. The molecule has 148 valence electrons. The molecule has 0 radical (unpaired) electrons. The van der Waals surface area contributed by atoms with Crippen LogP contribution in [0.2, 0.25) is 0 Å². The monoisotopic (exact) mass is 391 g/mol. The Labute approximate surface area is 169 Å². The molecule has 0 saturated carbocycles. The third kappa shape index (κ3) is 2.89. The topological polar surface area (TPSA) is 69.7 Å². The van der Waals surface area contributed by atoms with Crippen molar-refractivity contribution in [3.05, 3.63) is 77.9 Å². The van der Waals surface area contributed by atoms with Crippen molar-refractivity contribution in [1.29, 1.82) is 0 Å². The van der Waals surface area contributed by atoms with Crippen molar-refractivity contribution in [2.75, 3.05) is 20.1 Å². The van der Waals surface area contributed by atoms with Crippen LogP contribution in [0, 0.1) is 0 Å². The number of carbonyl (C=O) groups excluding carboxylic acids is 3. The number of carbonyl (C=O) groups is 3. The first-order valence-corrected chi connectivity index (χ1v) is 9.60. The summed E-state index contributed by atoms with van der Waals surface area (Å²) in [6.07, 6.45) is 4.79. The molecule has 0 N–H and O–H groups in total. The zero-order valence-corrected chi connectivity index (χ0v) is 16.2. The second kappa shape index (κ2) is 7.01. The minimum Gasteiger partial charge on any atom is -0.599 e. The van der Waals surface area contributed by atoms with Gasteiger partial charge in [0.1, 0.15) is 19.4 Å². The molecule has 2 aromatic rings. The molecular formula is C22H22BNO5. The molecule has 2 aliphatic heterocycles. The summed E-state index contributed by atoms with van der Waals surface area (Å²) in [5.41, 5.74) is 1.64. The first-order valence-electron chi connectivity index (χ1n) is 9.60. The van der Waals surface area contributed by atoms with E-state index < -0.39 is 23.9 Å². The maximum absolute atomic E-state index is 12.7. The predicted molar refractivity (Wildman–Crippen MR) is 108 cm³/mol. The van der Waals surface area contributed by atoms with E-state index in [9.17, 15) is 14.4 Å². The maximum Gasteiger partial charge on any atom is 0.601 e. The Morgan fingerprint density at radius 1 is 0.966 bits per heavy atom. The quantitative estimate of drug-likeness (QED) is 0.558. The van der Waals surface area contributed by atoms with Crippen molar-refractivity contribution in [2.24, 2.45) is 0 Å². The minimum absolute atomic E-state index is 0.00341. The lowest BCUT2D eigenvalue weighted by Gasteiger charge is -2.49. The molecule has 2 aliphatic rings. The molecule has 7 heteroatoms. The molecule has 2 saturated heterocycles. The van der Waals surface area contributed by atoms with E-state index in [1.807, 2.05) is 72.8 Å². The number of likely N-dealkylation sites (N-methyl/N-ethyl adjacent to an activating group) is 1. The Morgan fingerprint density at radius 3 is 2.07 bits per heavy atom. The Morgan fingerprint density at radius 2 is 1.52 bits per heavy atom. The number of fused-ring (bicyclic) bond motifs is 1. The molecule has 1 atom stereocenters. The molecule has 0 aliphatic carbocycles. The van der Waals surface area contributed by atoms with Crippen LogP contribution in [-0.2, 0) is 29.0 Å². The van der Waals surface area contributed by atoms with E-state index >= 15 is 0 Å². The van der Waals surface area contributed by atoms with Gasteiger partial charge in [-0.15, -0.1) is 0 Å². The number of hydrogen-bond acceptors (Lipinski definition) is 5. The van der Waals surface area contributed by atoms with Crippen molar-refractivity contribution in [3.63, 3.8) is 0 Å². The number of benzene rings is 2. The van der Waals surface area contributed by atoms with Crippen LogP contribution in [0.1, 0.15) is 17.5 Å². The Balaban J connectivity index is 1.84. The summed E-state index contributed by atoms with van der Waals surface area (Å²) >= 11 is 0. The third-order valence-electron chi connectivity index (χ3n) is 6.12. The molecule has 0 bridgehead atoms. The van der Waals surface area contributed by atoms with E-state index in [0.29, 0.717) is 5.56 Å². The molecule has 2 aromatic carbocycles. The molecule has 29 heavy (non-hydrogen) atoms. The van der Waals surface area contributed by atoms with Gasteiger partial charge in [0.05, 0.1) is 5.31 Å². The first kappa shape index (κ1) is 19.1. The number of aldehydes is 1. The maximum atomic E-state index is 12.7. The van der Waals surface area contributed by atoms with Gasteiger partial charge in [0, 0.05) is 7.05 Å². The molecule has 0 spiro atoms. The smallest absolute Gasteiger partial charge is 0.599 e. The highest BCUT2D eigenvalue weighted by Crippen LogP contribution is 2.48. The summed E-state index contributed by atoms with van der Waals surface area (Å²) in [4.78, 5) is 37.4. The van der Waals surface area contributed by atoms with Crippen LogP contribution in [0.15, 0.2) is 66.7 Å². The van der Waals surface area contributed by atoms with Gasteiger partial charge < -0.3 is 18.5 Å². The lowest BCUT2D eigenvalue weighted by molar-refractivity contribution is -0.795. The first-order chi connectivity index (χ1) is 13.9. The average Bonchev–Trinajstić information content (AvgIpc) is 3.10. The van der Waals surface area contributed by atoms with Crippen molar-refractivity contribution in [1.82, 2.24) is 0 Å². The van der Waals surface area contributed by atoms with Gasteiger partial charge in [-0.3, -0.25) is 9.59 Å². The van der Waals surface area contributed by atoms with Crippen LogP contribution < -0.4 is 0 Å². The fourth-order valence-corrected chi connectivity index (χ4v) is 4.74. The number of hydrogen-bond donors (Lipinski definition) is 0. The van der Waals surface area contributed by atoms with E-state index in [-0.39, 0.29) is 23.9 Å². The second-order valence-corrected chi connectivity index (χ2v) is 7.99. The van der Waals surface area contributed by atoms with E-state index in [2.05, 4.69) is 0 Å². The molecule has 1 unspecified atom stereocenters. The summed E-state index contributed by atoms with van der Waals surface area (Å²) in [6.45, 7) is -2.62. The summed E-state index contributed by atoms with van der Waals surface area (Å²) in [6, 6.07) is 18.8. The van der Waals surface area contributed by atoms with Crippen LogP contribution in [0.4, 0.5) is 0 Å². The summed E-state index contributed by atoms with van der Waals surface area (Å²) in [5, 5.41) is -1.32. The van der Waals surface area contributed by atoms with Gasteiger partial charge in [0.25, 0.3) is 0 Å². The van der Waals surface area contributed by atoms with E-state index in [1.165, 1.54) is 0 Å². The number of quaternary nitrogens is 1. The highest BCUT2D eigenvalue weighted by molar-refractivity contribution is 6.72. The SMILES string of the molecule is C[N+]12CC(=O)O[B-]1(C(C=O)(C/C=C/c1ccccc1)c1ccccc1)OC(=O)C2. The van der Waals surface area contributed by atoms with Crippen LogP contribution >= 0.6 is 0 Å². The standard InChI is InChI=1S/C22H22BNO5/c1-24-15-20(26)28-23(24,29-21(27)16-24)22(17-25,19-12-6-3-7-13-19)14-8-11-18-9-4-2-5-10-18/h2-13,17H,14-16H2,1H3/b11-8+. The molecule has 2 heterocycles. The van der Waals surface area contributed by atoms with Gasteiger partial charge in [-0.2, -0.15) is 0 Å². The zero-order valence-electron chi connectivity index (χ0n) is 16.2. The van der Waals surface area contributed by atoms with E-state index in [4.69, 9.17) is 9.31 Å². The molecule has 2 fully saturated rings. The molecule has 0 amide bonds. The second-order valence-electron chi connectivity index (χ2n) is 7.99. The van der Waals surface area contributed by atoms with Crippen LogP contribution in [0.3, 0.4) is 0 Å². The third-order valence-corrected chi connectivity index (χ3v) is 6.12. The molecule has 0 aromatic heterocycles. The van der Waals surface area contributed by atoms with Crippen molar-refractivity contribution >= 4 is 31.0 Å². The van der Waals surface area contributed by atoms with Crippen LogP contribution in [0.25, 0.3) is 6.08 Å². The summed E-state index contributed by atoms with van der Waals surface area (Å²) in [7, 11) is 1.75. The van der Waals surface area contributed by atoms with Gasteiger partial charge in [-0.05, 0) is 12.0 Å². The van der Waals surface area contributed by atoms with Crippen molar-refractivity contribution < 1.29 is 28.1 Å². The van der Waals surface area contributed by atoms with Crippen LogP contribution in [0.5, 0.6) is 0 Å². The van der Waals surface area contributed by atoms with Crippen molar-refractivity contribution in [3.8, 4) is 0 Å². The molecular weight excluding hydrogens is 369 g/mol. The van der Waals surface area contributed by atoms with E-state index in [1.54, 1.807) is 7.05 Å². The van der Waals surface area contributed by atoms with E-state index in [0.717, 1.165) is 11.8 Å². The fourth-order valence-electron chi connectivity index (χ4n) is 4.74. The zero-order chi connectivity index (χ0) is 20.5. The highest BCUT2D eigenvalue weighted by Gasteiger charge is 2.75. The largest absolute Gasteiger partial charge is 0.601 e. The van der Waals surface area contributed by atoms with Gasteiger partial charge >= 0.3 is 18.6 Å². The number of rotatable bonds is 6. The Kier molecular flexibility index (Phi) is 4.63. The average molecular weight is 391 g/mol. The van der Waals surface area contributed by atoms with Gasteiger partial charge in [-0.1, -0.05) is 78.4 Å². The fraction of sp³-hybridized carbons (Fsp3) is 0.227. The van der Waals surface area contributed by atoms with Crippen LogP contribution in [-0.4, -0.2) is 49.4 Å². The lowest BCUT2D eigenvalue weighted by atomic mass is 9.41. The molecule has 6 nitrogen and oxygen atoms in total. The Bertz CT molecular complexity index is 955. The molecule has 4 rings (SSSR count). The van der Waals surface area contributed by atoms with Gasteiger partial charge in [0.15, 0.2) is 0 Å². The highest BCUT2D eigenvalue weighted by atomic mass is 16.7. The number of allylic oxidation sites excluding steroid dienone is 1. The van der Waals surface area contributed by atoms with Gasteiger partial charge in [0.2, 0.25) is 0 Å². The van der Waals surface area contributed by atoms with Gasteiger partial charge in [-0.25, -0.2) is 0 Å². The summed E-state index contributed by atoms with van der Waals surface area (Å²) in [5.74, 6) is -0.927. The number of nitrogens with zero attached hydrogens (tertiary/aromatic N) is 1. The predicted octanol–water partition coefficient (Wildman–Crippen LogP) is 2.27. The lowest BCUT2D eigenvalue weighted by Crippen LogP contribution is -2.72. The minimum atomic E-state index is -2.61. The normalized spacial score (nSPS) is 27.9. The van der Waals surface area contributed by atoms with Crippen molar-refractivity contribution in [2.45, 2.75) is 11.7 Å².